The second-order valence-electron chi connectivity index (χ2n) is 8.90. The van der Waals surface area contributed by atoms with Crippen LogP contribution >= 0.6 is 0 Å². The lowest BCUT2D eigenvalue weighted by atomic mass is 9.52. The van der Waals surface area contributed by atoms with E-state index in [2.05, 4.69) is 6.07 Å². The van der Waals surface area contributed by atoms with Crippen molar-refractivity contribution in [2.45, 2.75) is 51.6 Å². The second kappa shape index (κ2) is 6.11. The van der Waals surface area contributed by atoms with Crippen molar-refractivity contribution >= 4 is 17.6 Å². The van der Waals surface area contributed by atoms with Crippen LogP contribution in [0.4, 0.5) is 5.69 Å². The van der Waals surface area contributed by atoms with Crippen LogP contribution in [0.2, 0.25) is 0 Å². The van der Waals surface area contributed by atoms with Crippen molar-refractivity contribution in [2.75, 3.05) is 11.4 Å². The zero-order valence-electron chi connectivity index (χ0n) is 15.4. The number of ether oxygens (including phenoxy) is 1. The van der Waals surface area contributed by atoms with E-state index in [0.29, 0.717) is 18.4 Å². The van der Waals surface area contributed by atoms with Gasteiger partial charge in [0, 0.05) is 12.2 Å². The predicted molar refractivity (Wildman–Crippen MR) is 98.6 cm³/mol. The Hall–Kier alpha value is -1.84. The van der Waals surface area contributed by atoms with E-state index in [9.17, 15) is 9.59 Å². The second-order valence-corrected chi connectivity index (χ2v) is 8.90. The maximum Gasteiger partial charge on any atom is 0.310 e. The van der Waals surface area contributed by atoms with E-state index in [0.717, 1.165) is 23.9 Å². The first-order valence-electron chi connectivity index (χ1n) is 10.2. The predicted octanol–water partition coefficient (Wildman–Crippen LogP) is 3.58. The smallest absolute Gasteiger partial charge is 0.310 e. The first-order chi connectivity index (χ1) is 12.6. The van der Waals surface area contributed by atoms with Crippen LogP contribution < -0.4 is 4.90 Å². The highest BCUT2D eigenvalue weighted by atomic mass is 16.5. The molecule has 4 fully saturated rings. The Morgan fingerprint density at radius 3 is 2.38 bits per heavy atom. The lowest BCUT2D eigenvalue weighted by Gasteiger charge is -2.53. The van der Waals surface area contributed by atoms with Crippen LogP contribution in [-0.2, 0) is 20.7 Å². The van der Waals surface area contributed by atoms with Crippen LogP contribution in [-0.4, -0.2) is 24.5 Å². The van der Waals surface area contributed by atoms with E-state index in [4.69, 9.17) is 4.74 Å². The Balaban J connectivity index is 1.26. The van der Waals surface area contributed by atoms with Gasteiger partial charge in [-0.1, -0.05) is 18.2 Å². The van der Waals surface area contributed by atoms with Crippen LogP contribution in [0.5, 0.6) is 0 Å². The van der Waals surface area contributed by atoms with E-state index >= 15 is 0 Å². The summed E-state index contributed by atoms with van der Waals surface area (Å²) in [6.07, 6.45) is 6.30. The summed E-state index contributed by atoms with van der Waals surface area (Å²) in [7, 11) is 0. The van der Waals surface area contributed by atoms with Gasteiger partial charge in [-0.15, -0.1) is 0 Å². The third-order valence-electron chi connectivity index (χ3n) is 7.29. The Morgan fingerprint density at radius 2 is 1.69 bits per heavy atom. The van der Waals surface area contributed by atoms with Crippen molar-refractivity contribution in [3.63, 3.8) is 0 Å². The van der Waals surface area contributed by atoms with Gasteiger partial charge < -0.3 is 9.64 Å². The van der Waals surface area contributed by atoms with Crippen molar-refractivity contribution in [2.24, 2.45) is 29.6 Å². The van der Waals surface area contributed by atoms with Crippen LogP contribution in [0.15, 0.2) is 24.3 Å². The van der Waals surface area contributed by atoms with Gasteiger partial charge in [-0.2, -0.15) is 0 Å². The number of hydrogen-bond donors (Lipinski definition) is 0. The molecule has 4 aliphatic carbocycles. The topological polar surface area (TPSA) is 46.6 Å². The SMILES string of the molecule is C[C@@H](OC(=O)C1C2CC3CC(C2)CC1C3)C(=O)N1CCc2ccccc21. The number of nitrogens with zero attached hydrogens (tertiary/aromatic N) is 1. The molecule has 4 bridgehead atoms. The van der Waals surface area contributed by atoms with E-state index in [1.165, 1.54) is 37.7 Å². The van der Waals surface area contributed by atoms with Gasteiger partial charge in [0.2, 0.25) is 0 Å². The van der Waals surface area contributed by atoms with Gasteiger partial charge in [-0.05, 0) is 80.8 Å². The number of hydrogen-bond acceptors (Lipinski definition) is 3. The summed E-state index contributed by atoms with van der Waals surface area (Å²) in [5.74, 6) is 2.48. The molecular formula is C22H27NO3. The van der Waals surface area contributed by atoms with E-state index < -0.39 is 6.10 Å². The van der Waals surface area contributed by atoms with Gasteiger partial charge in [-0.3, -0.25) is 9.59 Å². The molecule has 0 unspecified atom stereocenters. The molecular weight excluding hydrogens is 326 g/mol. The molecule has 0 radical (unpaired) electrons. The average molecular weight is 353 g/mol. The van der Waals surface area contributed by atoms with Crippen LogP contribution in [0.1, 0.15) is 44.6 Å². The van der Waals surface area contributed by atoms with Gasteiger partial charge in [0.05, 0.1) is 5.92 Å². The van der Waals surface area contributed by atoms with Gasteiger partial charge in [-0.25, -0.2) is 0 Å². The number of esters is 1. The van der Waals surface area contributed by atoms with Crippen molar-refractivity contribution in [1.29, 1.82) is 0 Å². The number of carbonyl (C=O) groups excluding carboxylic acids is 2. The highest BCUT2D eigenvalue weighted by Gasteiger charge is 2.51. The fourth-order valence-electron chi connectivity index (χ4n) is 6.40. The van der Waals surface area contributed by atoms with Crippen LogP contribution in [0, 0.1) is 29.6 Å². The van der Waals surface area contributed by atoms with Gasteiger partial charge in [0.25, 0.3) is 5.91 Å². The van der Waals surface area contributed by atoms with E-state index in [1.54, 1.807) is 11.8 Å². The molecule has 26 heavy (non-hydrogen) atoms. The molecule has 0 aromatic heterocycles. The fourth-order valence-corrected chi connectivity index (χ4v) is 6.40. The zero-order chi connectivity index (χ0) is 17.8. The minimum atomic E-state index is -0.703. The number of para-hydroxylation sites is 1. The number of carbonyl (C=O) groups is 2. The number of rotatable bonds is 3. The minimum absolute atomic E-state index is 0.0314. The number of fused-ring (bicyclic) bond motifs is 1. The van der Waals surface area contributed by atoms with Crippen molar-refractivity contribution in [3.8, 4) is 0 Å². The van der Waals surface area contributed by atoms with Crippen molar-refractivity contribution in [1.82, 2.24) is 0 Å². The molecule has 0 saturated heterocycles. The number of benzene rings is 1. The maximum atomic E-state index is 12.9. The highest BCUT2D eigenvalue weighted by molar-refractivity contribution is 5.99. The molecule has 4 heteroatoms. The zero-order valence-corrected chi connectivity index (χ0v) is 15.4. The molecule has 1 aromatic carbocycles. The summed E-state index contributed by atoms with van der Waals surface area (Å²) in [6, 6.07) is 8.00. The third-order valence-corrected chi connectivity index (χ3v) is 7.29. The minimum Gasteiger partial charge on any atom is -0.452 e. The lowest BCUT2D eigenvalue weighted by Crippen LogP contribution is -2.49. The summed E-state index contributed by atoms with van der Waals surface area (Å²) >= 11 is 0. The molecule has 1 amide bonds. The third kappa shape index (κ3) is 2.57. The molecule has 4 nitrogen and oxygen atoms in total. The molecule has 0 N–H and O–H groups in total. The lowest BCUT2D eigenvalue weighted by molar-refractivity contribution is -0.169. The van der Waals surface area contributed by atoms with E-state index in [-0.39, 0.29) is 17.8 Å². The quantitative estimate of drug-likeness (QED) is 0.781. The Morgan fingerprint density at radius 1 is 1.04 bits per heavy atom. The average Bonchev–Trinajstić information content (AvgIpc) is 3.04. The van der Waals surface area contributed by atoms with Crippen molar-refractivity contribution in [3.05, 3.63) is 29.8 Å². The Labute approximate surface area is 154 Å². The highest BCUT2D eigenvalue weighted by Crippen LogP contribution is 2.56. The monoisotopic (exact) mass is 353 g/mol. The standard InChI is InChI=1S/C22H27NO3/c1-13(21(24)23-7-6-16-4-2-3-5-19(16)23)26-22(25)20-17-9-14-8-15(11-17)12-18(20)10-14/h2-5,13-15,17-18,20H,6-12H2,1H3/t13-,14?,15?,17?,18?,20?/m1/s1. The summed E-state index contributed by atoms with van der Waals surface area (Å²) in [4.78, 5) is 27.6. The molecule has 138 valence electrons. The molecule has 1 aromatic rings. The molecule has 0 spiro atoms. The molecule has 1 heterocycles. The Bertz CT molecular complexity index is 715. The normalized spacial score (nSPS) is 35.3. The first kappa shape index (κ1) is 16.3. The molecule has 5 aliphatic rings. The summed E-state index contributed by atoms with van der Waals surface area (Å²) in [5, 5.41) is 0. The van der Waals surface area contributed by atoms with Crippen molar-refractivity contribution < 1.29 is 14.3 Å². The molecule has 4 saturated carbocycles. The number of anilines is 1. The van der Waals surface area contributed by atoms with Gasteiger partial charge >= 0.3 is 5.97 Å². The van der Waals surface area contributed by atoms with Gasteiger partial charge in [0.15, 0.2) is 6.10 Å². The first-order valence-corrected chi connectivity index (χ1v) is 10.2. The van der Waals surface area contributed by atoms with Crippen LogP contribution in [0.25, 0.3) is 0 Å². The molecule has 1 atom stereocenters. The summed E-state index contributed by atoms with van der Waals surface area (Å²) < 4.78 is 5.74. The van der Waals surface area contributed by atoms with Crippen LogP contribution in [0.3, 0.4) is 0 Å². The van der Waals surface area contributed by atoms with Gasteiger partial charge in [0.1, 0.15) is 0 Å². The molecule has 1 aliphatic heterocycles. The largest absolute Gasteiger partial charge is 0.452 e. The number of amides is 1. The summed E-state index contributed by atoms with van der Waals surface area (Å²) in [6.45, 7) is 2.41. The molecule has 6 rings (SSSR count). The fraction of sp³-hybridized carbons (Fsp3) is 0.636. The maximum absolute atomic E-state index is 12.9. The van der Waals surface area contributed by atoms with E-state index in [1.807, 2.05) is 18.2 Å². The Kier molecular flexibility index (Phi) is 3.84. The summed E-state index contributed by atoms with van der Waals surface area (Å²) in [5.41, 5.74) is 2.16.